The number of amides is 3. The van der Waals surface area contributed by atoms with Gasteiger partial charge in [-0.1, -0.05) is 41.9 Å². The molecule has 10 heteroatoms. The maximum Gasteiger partial charge on any atom is 0.339 e. The molecule has 4 rings (SSSR count). The summed E-state index contributed by atoms with van der Waals surface area (Å²) in [6, 6.07) is 20.7. The zero-order chi connectivity index (χ0) is 26.4. The summed E-state index contributed by atoms with van der Waals surface area (Å²) in [5.74, 6) is -0.579. The van der Waals surface area contributed by atoms with Crippen LogP contribution in [0, 0.1) is 0 Å². The minimum Gasteiger partial charge on any atom is -0.462 e. The van der Waals surface area contributed by atoms with Crippen molar-refractivity contribution >= 4 is 58.1 Å². The van der Waals surface area contributed by atoms with E-state index < -0.39 is 29.6 Å². The number of rotatable bonds is 8. The second-order valence-electron chi connectivity index (χ2n) is 7.72. The van der Waals surface area contributed by atoms with Crippen LogP contribution in [0.5, 0.6) is 11.5 Å². The van der Waals surface area contributed by atoms with Crippen molar-refractivity contribution in [2.75, 3.05) is 18.5 Å². The Bertz CT molecular complexity index is 1390. The van der Waals surface area contributed by atoms with Crippen LogP contribution in [0.25, 0.3) is 6.08 Å². The van der Waals surface area contributed by atoms with E-state index in [1.54, 1.807) is 37.3 Å². The second kappa shape index (κ2) is 11.8. The molecular formula is C27H21ClN2O6S. The van der Waals surface area contributed by atoms with Crippen LogP contribution in [0.3, 0.4) is 0 Å². The van der Waals surface area contributed by atoms with Gasteiger partial charge >= 0.3 is 5.97 Å². The molecule has 37 heavy (non-hydrogen) atoms. The number of hydrogen-bond donors (Lipinski definition) is 1. The first kappa shape index (κ1) is 26.0. The van der Waals surface area contributed by atoms with E-state index >= 15 is 0 Å². The lowest BCUT2D eigenvalue weighted by molar-refractivity contribution is -0.127. The number of carbonyl (C=O) groups is 4. The van der Waals surface area contributed by atoms with E-state index in [0.717, 1.165) is 16.7 Å². The Morgan fingerprint density at radius 2 is 1.76 bits per heavy atom. The summed E-state index contributed by atoms with van der Waals surface area (Å²) in [7, 11) is 0. The van der Waals surface area contributed by atoms with Crippen LogP contribution < -0.4 is 10.1 Å². The maximum atomic E-state index is 12.9. The van der Waals surface area contributed by atoms with Gasteiger partial charge in [0.25, 0.3) is 11.1 Å². The molecule has 188 valence electrons. The molecule has 3 aromatic carbocycles. The molecule has 1 fully saturated rings. The number of hydrogen-bond acceptors (Lipinski definition) is 7. The van der Waals surface area contributed by atoms with Gasteiger partial charge < -0.3 is 14.8 Å². The molecule has 1 saturated heterocycles. The number of halogens is 1. The molecule has 0 spiro atoms. The van der Waals surface area contributed by atoms with Crippen molar-refractivity contribution in [1.29, 1.82) is 0 Å². The summed E-state index contributed by atoms with van der Waals surface area (Å²) in [5, 5.41) is 2.18. The molecule has 0 bridgehead atoms. The van der Waals surface area contributed by atoms with Crippen molar-refractivity contribution in [1.82, 2.24) is 4.90 Å². The lowest BCUT2D eigenvalue weighted by atomic mass is 10.2. The maximum absolute atomic E-state index is 12.9. The molecular weight excluding hydrogens is 516 g/mol. The third-order valence-corrected chi connectivity index (χ3v) is 6.29. The number of nitrogens with one attached hydrogen (secondary N) is 1. The predicted octanol–water partition coefficient (Wildman–Crippen LogP) is 5.98. The van der Waals surface area contributed by atoms with E-state index in [-0.39, 0.29) is 27.8 Å². The Labute approximate surface area is 222 Å². The van der Waals surface area contributed by atoms with Crippen LogP contribution in [-0.4, -0.2) is 41.1 Å². The number of esters is 1. The summed E-state index contributed by atoms with van der Waals surface area (Å²) < 4.78 is 10.8. The molecule has 1 aliphatic rings. The quantitative estimate of drug-likeness (QED) is 0.279. The molecule has 8 nitrogen and oxygen atoms in total. The van der Waals surface area contributed by atoms with Gasteiger partial charge in [-0.3, -0.25) is 19.3 Å². The van der Waals surface area contributed by atoms with Crippen molar-refractivity contribution in [2.45, 2.75) is 6.92 Å². The molecule has 0 aromatic heterocycles. The highest BCUT2D eigenvalue weighted by atomic mass is 35.5. The highest BCUT2D eigenvalue weighted by Gasteiger charge is 2.36. The van der Waals surface area contributed by atoms with E-state index in [4.69, 9.17) is 21.1 Å². The van der Waals surface area contributed by atoms with Gasteiger partial charge in [-0.05, 0) is 72.8 Å². The SMILES string of the molecule is CCOC(=O)c1cc(NC(=O)CN2C(=O)S/C(=C/c3cccc(Oc4ccccc4)c3)C2=O)ccc1Cl. The molecule has 0 unspecified atom stereocenters. The minimum absolute atomic E-state index is 0.0916. The summed E-state index contributed by atoms with van der Waals surface area (Å²) >= 11 is 6.79. The van der Waals surface area contributed by atoms with Crippen LogP contribution in [0.2, 0.25) is 5.02 Å². The molecule has 0 atom stereocenters. The Morgan fingerprint density at radius 3 is 2.51 bits per heavy atom. The molecule has 0 radical (unpaired) electrons. The summed E-state index contributed by atoms with van der Waals surface area (Å²) in [4.78, 5) is 51.0. The van der Waals surface area contributed by atoms with E-state index in [2.05, 4.69) is 5.32 Å². The van der Waals surface area contributed by atoms with Crippen molar-refractivity contribution in [3.05, 3.63) is 93.9 Å². The molecule has 0 saturated carbocycles. The number of para-hydroxylation sites is 1. The van der Waals surface area contributed by atoms with E-state index in [9.17, 15) is 19.2 Å². The topological polar surface area (TPSA) is 102 Å². The van der Waals surface area contributed by atoms with E-state index in [1.807, 2.05) is 30.3 Å². The number of thioether (sulfide) groups is 1. The lowest BCUT2D eigenvalue weighted by Crippen LogP contribution is -2.36. The molecule has 3 amide bonds. The normalized spacial score (nSPS) is 14.1. The predicted molar refractivity (Wildman–Crippen MR) is 142 cm³/mol. The molecule has 0 aliphatic carbocycles. The van der Waals surface area contributed by atoms with Gasteiger partial charge in [0, 0.05) is 5.69 Å². The van der Waals surface area contributed by atoms with E-state index in [1.165, 1.54) is 18.2 Å². The van der Waals surface area contributed by atoms with Crippen LogP contribution in [0.4, 0.5) is 10.5 Å². The average Bonchev–Trinajstić information content (AvgIpc) is 3.13. The van der Waals surface area contributed by atoms with Crippen molar-refractivity contribution in [3.8, 4) is 11.5 Å². The van der Waals surface area contributed by atoms with E-state index in [0.29, 0.717) is 17.1 Å². The highest BCUT2D eigenvalue weighted by molar-refractivity contribution is 8.18. The molecule has 1 aliphatic heterocycles. The number of imide groups is 1. The van der Waals surface area contributed by atoms with Crippen LogP contribution in [0.1, 0.15) is 22.8 Å². The molecule has 1 N–H and O–H groups in total. The third kappa shape index (κ3) is 6.58. The van der Waals surface area contributed by atoms with Crippen molar-refractivity contribution < 1.29 is 28.7 Å². The largest absolute Gasteiger partial charge is 0.462 e. The lowest BCUT2D eigenvalue weighted by Gasteiger charge is -2.13. The van der Waals surface area contributed by atoms with Crippen molar-refractivity contribution in [2.24, 2.45) is 0 Å². The standard InChI is InChI=1S/C27H21ClN2O6S/c1-2-35-26(33)21-15-18(11-12-22(21)28)29-24(31)16-30-25(32)23(37-27(30)34)14-17-7-6-10-20(13-17)36-19-8-4-3-5-9-19/h3-15H,2,16H2,1H3,(H,29,31)/b23-14+. The van der Waals surface area contributed by atoms with Gasteiger partial charge in [0.1, 0.15) is 18.0 Å². The highest BCUT2D eigenvalue weighted by Crippen LogP contribution is 2.33. The Morgan fingerprint density at radius 1 is 1.00 bits per heavy atom. The van der Waals surface area contributed by atoms with Crippen molar-refractivity contribution in [3.63, 3.8) is 0 Å². The number of nitrogens with zero attached hydrogens (tertiary/aromatic N) is 1. The number of benzene rings is 3. The van der Waals surface area contributed by atoms with Gasteiger partial charge in [0.15, 0.2) is 0 Å². The Hall–Kier alpha value is -4.08. The smallest absolute Gasteiger partial charge is 0.339 e. The zero-order valence-electron chi connectivity index (χ0n) is 19.6. The first-order chi connectivity index (χ1) is 17.8. The van der Waals surface area contributed by atoms with Gasteiger partial charge in [0.05, 0.1) is 22.1 Å². The zero-order valence-corrected chi connectivity index (χ0v) is 21.2. The fourth-order valence-corrected chi connectivity index (χ4v) is 4.43. The summed E-state index contributed by atoms with van der Waals surface area (Å²) in [5.41, 5.74) is 1.03. The van der Waals surface area contributed by atoms with Crippen LogP contribution >= 0.6 is 23.4 Å². The second-order valence-corrected chi connectivity index (χ2v) is 9.12. The summed E-state index contributed by atoms with van der Waals surface area (Å²) in [6.07, 6.45) is 1.57. The van der Waals surface area contributed by atoms with Crippen LogP contribution in [0.15, 0.2) is 77.7 Å². The first-order valence-corrected chi connectivity index (χ1v) is 12.4. The van der Waals surface area contributed by atoms with Gasteiger partial charge in [-0.15, -0.1) is 0 Å². The fourth-order valence-electron chi connectivity index (χ4n) is 3.39. The Balaban J connectivity index is 1.42. The van der Waals surface area contributed by atoms with Crippen LogP contribution in [-0.2, 0) is 14.3 Å². The first-order valence-electron chi connectivity index (χ1n) is 11.2. The molecule has 3 aromatic rings. The Kier molecular flexibility index (Phi) is 8.27. The van der Waals surface area contributed by atoms with Gasteiger partial charge in [-0.25, -0.2) is 4.79 Å². The fraction of sp³-hybridized carbons (Fsp3) is 0.111. The monoisotopic (exact) mass is 536 g/mol. The molecule has 1 heterocycles. The summed E-state index contributed by atoms with van der Waals surface area (Å²) in [6.45, 7) is 1.34. The van der Waals surface area contributed by atoms with Gasteiger partial charge in [-0.2, -0.15) is 0 Å². The average molecular weight is 537 g/mol. The third-order valence-electron chi connectivity index (χ3n) is 5.06. The number of anilines is 1. The number of ether oxygens (including phenoxy) is 2. The van der Waals surface area contributed by atoms with Gasteiger partial charge in [0.2, 0.25) is 5.91 Å². The minimum atomic E-state index is -0.627. The number of carbonyl (C=O) groups excluding carboxylic acids is 4.